The largest absolute Gasteiger partial charge is 0.481 e. The van der Waals surface area contributed by atoms with E-state index in [9.17, 15) is 14.7 Å². The third-order valence-electron chi connectivity index (χ3n) is 5.26. The summed E-state index contributed by atoms with van der Waals surface area (Å²) in [6, 6.07) is 0. The third-order valence-corrected chi connectivity index (χ3v) is 5.26. The highest BCUT2D eigenvalue weighted by Crippen LogP contribution is 2.49. The van der Waals surface area contributed by atoms with E-state index in [-0.39, 0.29) is 23.7 Å². The average molecular weight is 305 g/mol. The minimum atomic E-state index is -0.798. The summed E-state index contributed by atoms with van der Waals surface area (Å²) in [7, 11) is 0. The van der Waals surface area contributed by atoms with Gasteiger partial charge in [-0.1, -0.05) is 0 Å². The van der Waals surface area contributed by atoms with Gasteiger partial charge in [-0.25, -0.2) is 4.98 Å². The molecule has 2 unspecified atom stereocenters. The predicted molar refractivity (Wildman–Crippen MR) is 79.9 cm³/mol. The number of fused-ring (bicyclic) bond motifs is 3. The molecule has 2 N–H and O–H groups in total. The van der Waals surface area contributed by atoms with Crippen molar-refractivity contribution in [3.05, 3.63) is 18.7 Å². The number of amides is 1. The summed E-state index contributed by atoms with van der Waals surface area (Å²) in [5.74, 6) is -1.25. The number of aryl methyl sites for hydroxylation is 1. The van der Waals surface area contributed by atoms with Gasteiger partial charge in [0.05, 0.1) is 18.2 Å². The van der Waals surface area contributed by atoms with Crippen LogP contribution < -0.4 is 5.32 Å². The summed E-state index contributed by atoms with van der Waals surface area (Å²) in [6.45, 7) is 1.39. The first kappa shape index (κ1) is 15.1. The van der Waals surface area contributed by atoms with Gasteiger partial charge < -0.3 is 15.0 Å². The van der Waals surface area contributed by atoms with E-state index in [4.69, 9.17) is 0 Å². The zero-order chi connectivity index (χ0) is 15.5. The van der Waals surface area contributed by atoms with Gasteiger partial charge in [0.25, 0.3) is 0 Å². The average Bonchev–Trinajstić information content (AvgIpc) is 3.04. The molecular formula is C16H23N3O3. The van der Waals surface area contributed by atoms with Gasteiger partial charge in [-0.2, -0.15) is 0 Å². The standard InChI is InChI=1S/C16H23N3O3/c20-15(18-6-1-8-19-9-7-17-10-19)13-11-2-4-12(5-3-11)14(13)16(21)22/h7,9-14H,1-6,8H2,(H,18,20)(H,21,22). The minimum absolute atomic E-state index is 0.0626. The van der Waals surface area contributed by atoms with Gasteiger partial charge in [-0.15, -0.1) is 0 Å². The molecule has 2 bridgehead atoms. The van der Waals surface area contributed by atoms with Crippen LogP contribution in [0.3, 0.4) is 0 Å². The van der Waals surface area contributed by atoms with E-state index in [1.807, 2.05) is 10.8 Å². The fourth-order valence-corrected chi connectivity index (χ4v) is 4.19. The van der Waals surface area contributed by atoms with Gasteiger partial charge in [-0.05, 0) is 43.9 Å². The monoisotopic (exact) mass is 305 g/mol. The molecule has 0 radical (unpaired) electrons. The Morgan fingerprint density at radius 2 is 1.86 bits per heavy atom. The number of hydrogen-bond acceptors (Lipinski definition) is 3. The van der Waals surface area contributed by atoms with Gasteiger partial charge in [0.1, 0.15) is 0 Å². The van der Waals surface area contributed by atoms with Gasteiger partial charge in [0.2, 0.25) is 5.91 Å². The fourth-order valence-electron chi connectivity index (χ4n) is 4.19. The topological polar surface area (TPSA) is 84.2 Å². The Balaban J connectivity index is 1.53. The molecule has 0 saturated heterocycles. The Morgan fingerprint density at radius 1 is 1.18 bits per heavy atom. The maximum atomic E-state index is 12.5. The van der Waals surface area contributed by atoms with Gasteiger partial charge in [0.15, 0.2) is 0 Å². The molecule has 22 heavy (non-hydrogen) atoms. The van der Waals surface area contributed by atoms with Crippen molar-refractivity contribution in [2.45, 2.75) is 38.6 Å². The molecule has 0 aromatic carbocycles. The number of carboxylic acid groups (broad SMARTS) is 1. The molecular weight excluding hydrogens is 282 g/mol. The number of carbonyl (C=O) groups is 2. The van der Waals surface area contributed by atoms with Crippen LogP contribution in [-0.4, -0.2) is 33.1 Å². The molecule has 3 saturated carbocycles. The number of carbonyl (C=O) groups excluding carboxylic acids is 1. The highest BCUT2D eigenvalue weighted by molar-refractivity contribution is 5.85. The van der Waals surface area contributed by atoms with Crippen molar-refractivity contribution >= 4 is 11.9 Å². The minimum Gasteiger partial charge on any atom is -0.481 e. The Morgan fingerprint density at radius 3 is 2.45 bits per heavy atom. The quantitative estimate of drug-likeness (QED) is 0.781. The number of nitrogens with one attached hydrogen (secondary N) is 1. The third kappa shape index (κ3) is 3.00. The van der Waals surface area contributed by atoms with Crippen LogP contribution in [0.5, 0.6) is 0 Å². The molecule has 1 aromatic rings. The molecule has 4 rings (SSSR count). The number of aliphatic carboxylic acids is 1. The van der Waals surface area contributed by atoms with E-state index in [0.717, 1.165) is 38.6 Å². The SMILES string of the molecule is O=C(O)C1C2CCC(CC2)C1C(=O)NCCCn1ccnc1. The second-order valence-corrected chi connectivity index (χ2v) is 6.51. The second kappa shape index (κ2) is 6.50. The Labute approximate surface area is 129 Å². The molecule has 1 amide bonds. The molecule has 0 aliphatic heterocycles. The van der Waals surface area contributed by atoms with Gasteiger partial charge in [-0.3, -0.25) is 9.59 Å². The van der Waals surface area contributed by atoms with Crippen LogP contribution in [0.15, 0.2) is 18.7 Å². The maximum absolute atomic E-state index is 12.5. The van der Waals surface area contributed by atoms with Crippen LogP contribution in [0.2, 0.25) is 0 Å². The lowest BCUT2D eigenvalue weighted by atomic mass is 9.58. The number of nitrogens with zero attached hydrogens (tertiary/aromatic N) is 2. The van der Waals surface area contributed by atoms with E-state index in [0.29, 0.717) is 6.54 Å². The van der Waals surface area contributed by atoms with Crippen molar-refractivity contribution in [1.82, 2.24) is 14.9 Å². The predicted octanol–water partition coefficient (Wildman–Crippen LogP) is 1.53. The Bertz CT molecular complexity index is 521. The van der Waals surface area contributed by atoms with E-state index >= 15 is 0 Å². The lowest BCUT2D eigenvalue weighted by molar-refractivity contribution is -0.158. The first-order chi connectivity index (χ1) is 10.7. The molecule has 1 aromatic heterocycles. The Kier molecular flexibility index (Phi) is 4.45. The number of imidazole rings is 1. The zero-order valence-electron chi connectivity index (χ0n) is 12.6. The molecule has 120 valence electrons. The number of carboxylic acids is 1. The van der Waals surface area contributed by atoms with E-state index < -0.39 is 11.9 Å². The van der Waals surface area contributed by atoms with Crippen molar-refractivity contribution in [3.63, 3.8) is 0 Å². The maximum Gasteiger partial charge on any atom is 0.307 e. The summed E-state index contributed by atoms with van der Waals surface area (Å²) < 4.78 is 1.97. The van der Waals surface area contributed by atoms with Gasteiger partial charge >= 0.3 is 5.97 Å². The second-order valence-electron chi connectivity index (χ2n) is 6.51. The summed E-state index contributed by atoms with van der Waals surface area (Å²) in [6.07, 6.45) is 10.1. The van der Waals surface area contributed by atoms with Crippen molar-refractivity contribution in [2.24, 2.45) is 23.7 Å². The van der Waals surface area contributed by atoms with Crippen LogP contribution in [0, 0.1) is 23.7 Å². The first-order valence-corrected chi connectivity index (χ1v) is 8.13. The molecule has 6 heteroatoms. The lowest BCUT2D eigenvalue weighted by Crippen LogP contribution is -2.51. The zero-order valence-corrected chi connectivity index (χ0v) is 12.6. The number of rotatable bonds is 6. The van der Waals surface area contributed by atoms with E-state index in [2.05, 4.69) is 10.3 Å². The highest BCUT2D eigenvalue weighted by atomic mass is 16.4. The fraction of sp³-hybridized carbons (Fsp3) is 0.688. The van der Waals surface area contributed by atoms with Crippen molar-refractivity contribution in [2.75, 3.05) is 6.54 Å². The van der Waals surface area contributed by atoms with E-state index in [1.165, 1.54) is 0 Å². The highest BCUT2D eigenvalue weighted by Gasteiger charge is 2.50. The van der Waals surface area contributed by atoms with Crippen molar-refractivity contribution in [1.29, 1.82) is 0 Å². The Hall–Kier alpha value is -1.85. The summed E-state index contributed by atoms with van der Waals surface area (Å²) in [5.41, 5.74) is 0. The molecule has 3 aliphatic carbocycles. The molecule has 1 heterocycles. The summed E-state index contributed by atoms with van der Waals surface area (Å²) in [5, 5.41) is 12.4. The molecule has 0 spiro atoms. The van der Waals surface area contributed by atoms with Crippen molar-refractivity contribution in [3.8, 4) is 0 Å². The summed E-state index contributed by atoms with van der Waals surface area (Å²) >= 11 is 0. The van der Waals surface area contributed by atoms with Crippen LogP contribution >= 0.6 is 0 Å². The van der Waals surface area contributed by atoms with E-state index in [1.54, 1.807) is 12.5 Å². The molecule has 3 fully saturated rings. The number of aromatic nitrogens is 2. The molecule has 6 nitrogen and oxygen atoms in total. The molecule has 3 aliphatic rings. The lowest BCUT2D eigenvalue weighted by Gasteiger charge is -2.45. The van der Waals surface area contributed by atoms with Gasteiger partial charge in [0, 0.05) is 25.5 Å². The van der Waals surface area contributed by atoms with Crippen LogP contribution in [-0.2, 0) is 16.1 Å². The smallest absolute Gasteiger partial charge is 0.307 e. The van der Waals surface area contributed by atoms with Crippen LogP contribution in [0.25, 0.3) is 0 Å². The number of hydrogen-bond donors (Lipinski definition) is 2. The molecule has 2 atom stereocenters. The normalized spacial score (nSPS) is 30.2. The van der Waals surface area contributed by atoms with Crippen LogP contribution in [0.4, 0.5) is 0 Å². The first-order valence-electron chi connectivity index (χ1n) is 8.13. The van der Waals surface area contributed by atoms with Crippen LogP contribution in [0.1, 0.15) is 32.1 Å². The van der Waals surface area contributed by atoms with Crippen molar-refractivity contribution < 1.29 is 14.7 Å². The summed E-state index contributed by atoms with van der Waals surface area (Å²) in [4.78, 5) is 28.0.